The Kier molecular flexibility index (Phi) is 3.54. The van der Waals surface area contributed by atoms with E-state index in [9.17, 15) is 0 Å². The molecule has 0 aromatic heterocycles. The number of fused-ring (bicyclic) bond motifs is 2. The predicted octanol–water partition coefficient (Wildman–Crippen LogP) is 4.80. The average Bonchev–Trinajstić information content (AvgIpc) is 3.26. The lowest BCUT2D eigenvalue weighted by atomic mass is 9.69. The zero-order valence-electron chi connectivity index (χ0n) is 14.4. The van der Waals surface area contributed by atoms with Gasteiger partial charge in [-0.15, -0.1) is 0 Å². The Balaban J connectivity index is 1.37. The Labute approximate surface area is 134 Å². The molecule has 0 aromatic rings. The fourth-order valence-corrected chi connectivity index (χ4v) is 4.88. The highest BCUT2D eigenvalue weighted by Gasteiger charge is 2.52. The smallest absolute Gasteiger partial charge is 0.0981 e. The van der Waals surface area contributed by atoms with Gasteiger partial charge in [0.2, 0.25) is 0 Å². The van der Waals surface area contributed by atoms with Gasteiger partial charge in [-0.1, -0.05) is 23.3 Å². The molecule has 5 atom stereocenters. The van der Waals surface area contributed by atoms with E-state index in [0.29, 0.717) is 12.0 Å². The van der Waals surface area contributed by atoms with Crippen LogP contribution >= 0.6 is 0 Å². The van der Waals surface area contributed by atoms with E-state index in [4.69, 9.17) is 9.47 Å². The molecule has 22 heavy (non-hydrogen) atoms. The van der Waals surface area contributed by atoms with Gasteiger partial charge in [0, 0.05) is 12.3 Å². The highest BCUT2D eigenvalue weighted by Crippen LogP contribution is 2.50. The molecule has 0 radical (unpaired) electrons. The third-order valence-corrected chi connectivity index (χ3v) is 6.75. The van der Waals surface area contributed by atoms with Gasteiger partial charge in [-0.25, -0.2) is 0 Å². The van der Waals surface area contributed by atoms with Gasteiger partial charge in [0.25, 0.3) is 0 Å². The van der Waals surface area contributed by atoms with Crippen LogP contribution in [0.25, 0.3) is 0 Å². The molecule has 0 amide bonds. The lowest BCUT2D eigenvalue weighted by Crippen LogP contribution is -2.56. The van der Waals surface area contributed by atoms with Crippen LogP contribution in [0, 0.1) is 11.8 Å². The first-order chi connectivity index (χ1) is 10.5. The van der Waals surface area contributed by atoms with Crippen molar-refractivity contribution in [1.29, 1.82) is 0 Å². The molecule has 2 aliphatic carbocycles. The second-order valence-corrected chi connectivity index (χ2v) is 8.48. The first-order valence-corrected chi connectivity index (χ1v) is 9.14. The topological polar surface area (TPSA) is 21.8 Å². The van der Waals surface area contributed by atoms with E-state index in [1.807, 2.05) is 0 Å². The van der Waals surface area contributed by atoms with E-state index in [0.717, 1.165) is 18.9 Å². The summed E-state index contributed by atoms with van der Waals surface area (Å²) in [6, 6.07) is 0. The maximum Gasteiger partial charge on any atom is 0.0981 e. The van der Waals surface area contributed by atoms with Crippen molar-refractivity contribution in [3.05, 3.63) is 23.3 Å². The van der Waals surface area contributed by atoms with Gasteiger partial charge in [-0.3, -0.25) is 0 Å². The fourth-order valence-electron chi connectivity index (χ4n) is 4.88. The largest absolute Gasteiger partial charge is 0.371 e. The standard InChI is InChI=1S/C20H30O2/c1-14-4-6-16(7-5-14)20(13-21-20)11-8-15(2)17-9-10-19(3)12-18(17)22-19/h4,8,16-18H,5-7,9-13H2,1-3H3/b15-8-/t16-,17-,18?,19?,20?/m1/s1. The molecule has 2 nitrogen and oxygen atoms in total. The van der Waals surface area contributed by atoms with E-state index < -0.39 is 0 Å². The maximum atomic E-state index is 6.09. The monoisotopic (exact) mass is 302 g/mol. The first-order valence-electron chi connectivity index (χ1n) is 9.14. The summed E-state index contributed by atoms with van der Waals surface area (Å²) in [7, 11) is 0. The molecule has 5 aliphatic rings. The van der Waals surface area contributed by atoms with Crippen molar-refractivity contribution in [2.45, 2.75) is 83.0 Å². The summed E-state index contributed by atoms with van der Waals surface area (Å²) >= 11 is 0. The Morgan fingerprint density at radius 1 is 1.41 bits per heavy atom. The molecule has 3 saturated heterocycles. The number of ether oxygens (including phenoxy) is 2. The number of hydrogen-bond acceptors (Lipinski definition) is 2. The van der Waals surface area contributed by atoms with Crippen LogP contribution in [0.3, 0.4) is 0 Å². The van der Waals surface area contributed by atoms with E-state index in [-0.39, 0.29) is 11.2 Å². The van der Waals surface area contributed by atoms with Gasteiger partial charge < -0.3 is 9.47 Å². The van der Waals surface area contributed by atoms with Gasteiger partial charge in [0.05, 0.1) is 23.9 Å². The number of rotatable bonds is 4. The highest BCUT2D eigenvalue weighted by molar-refractivity contribution is 5.17. The minimum atomic E-state index is 0.169. The quantitative estimate of drug-likeness (QED) is 0.550. The molecule has 122 valence electrons. The molecule has 3 heterocycles. The SMILES string of the molecule is CC1=CC[C@@H](C2(C/C=C(/C)[C@H]3CCC4(C)CC3O4)CO2)CC1. The lowest BCUT2D eigenvalue weighted by Gasteiger charge is -2.54. The second kappa shape index (κ2) is 5.21. The van der Waals surface area contributed by atoms with E-state index in [1.165, 1.54) is 38.5 Å². The molecule has 5 rings (SSSR count). The van der Waals surface area contributed by atoms with Crippen LogP contribution in [0.1, 0.15) is 65.7 Å². The maximum absolute atomic E-state index is 6.09. The summed E-state index contributed by atoms with van der Waals surface area (Å²) in [6.07, 6.45) is 14.1. The van der Waals surface area contributed by atoms with Crippen molar-refractivity contribution in [2.24, 2.45) is 11.8 Å². The molecular weight excluding hydrogens is 272 g/mol. The Bertz CT molecular complexity index is 500. The molecule has 0 spiro atoms. The third-order valence-electron chi connectivity index (χ3n) is 6.75. The van der Waals surface area contributed by atoms with Crippen molar-refractivity contribution in [3.8, 4) is 0 Å². The van der Waals surface area contributed by atoms with Crippen molar-refractivity contribution >= 4 is 0 Å². The van der Waals surface area contributed by atoms with Crippen molar-refractivity contribution in [1.82, 2.24) is 0 Å². The van der Waals surface area contributed by atoms with Gasteiger partial charge in [-0.2, -0.15) is 0 Å². The van der Waals surface area contributed by atoms with E-state index >= 15 is 0 Å². The number of epoxide rings is 1. The summed E-state index contributed by atoms with van der Waals surface area (Å²) < 4.78 is 12.0. The molecule has 1 saturated carbocycles. The normalized spacial score (nSPS) is 47.7. The number of allylic oxidation sites excluding steroid dienone is 2. The zero-order valence-corrected chi connectivity index (χ0v) is 14.4. The summed E-state index contributed by atoms with van der Waals surface area (Å²) in [4.78, 5) is 0. The minimum absolute atomic E-state index is 0.169. The minimum Gasteiger partial charge on any atom is -0.371 e. The molecule has 0 aromatic carbocycles. The molecule has 3 aliphatic heterocycles. The number of hydrogen-bond donors (Lipinski definition) is 0. The molecule has 2 bridgehead atoms. The van der Waals surface area contributed by atoms with Crippen LogP contribution in [0.15, 0.2) is 23.3 Å². The predicted molar refractivity (Wildman–Crippen MR) is 88.8 cm³/mol. The summed E-state index contributed by atoms with van der Waals surface area (Å²) in [5.74, 6) is 1.39. The average molecular weight is 302 g/mol. The molecule has 3 unspecified atom stereocenters. The van der Waals surface area contributed by atoms with Gasteiger partial charge >= 0.3 is 0 Å². The molecule has 4 fully saturated rings. The highest BCUT2D eigenvalue weighted by atomic mass is 16.6. The van der Waals surface area contributed by atoms with Gasteiger partial charge in [0.15, 0.2) is 0 Å². The van der Waals surface area contributed by atoms with Crippen LogP contribution < -0.4 is 0 Å². The van der Waals surface area contributed by atoms with Gasteiger partial charge in [0.1, 0.15) is 0 Å². The lowest BCUT2D eigenvalue weighted by molar-refractivity contribution is -0.242. The second-order valence-electron chi connectivity index (χ2n) is 8.48. The van der Waals surface area contributed by atoms with Crippen molar-refractivity contribution in [2.75, 3.05) is 6.61 Å². The zero-order chi connectivity index (χ0) is 15.4. The van der Waals surface area contributed by atoms with Crippen molar-refractivity contribution < 1.29 is 9.47 Å². The van der Waals surface area contributed by atoms with Crippen LogP contribution in [0.5, 0.6) is 0 Å². The molecule has 0 N–H and O–H groups in total. The summed E-state index contributed by atoms with van der Waals surface area (Å²) in [6.45, 7) is 7.81. The summed E-state index contributed by atoms with van der Waals surface area (Å²) in [5.41, 5.74) is 3.49. The Hall–Kier alpha value is -0.600. The molecular formula is C20H30O2. The Morgan fingerprint density at radius 3 is 2.73 bits per heavy atom. The van der Waals surface area contributed by atoms with Crippen LogP contribution in [0.4, 0.5) is 0 Å². The fraction of sp³-hybridized carbons (Fsp3) is 0.800. The van der Waals surface area contributed by atoms with E-state index in [2.05, 4.69) is 32.9 Å². The van der Waals surface area contributed by atoms with E-state index in [1.54, 1.807) is 11.1 Å². The third kappa shape index (κ3) is 2.59. The molecule has 2 heteroatoms. The summed E-state index contributed by atoms with van der Waals surface area (Å²) in [5, 5.41) is 0. The van der Waals surface area contributed by atoms with Crippen LogP contribution in [0.2, 0.25) is 0 Å². The first kappa shape index (κ1) is 15.0. The van der Waals surface area contributed by atoms with Crippen molar-refractivity contribution in [3.63, 3.8) is 0 Å². The Morgan fingerprint density at radius 2 is 2.18 bits per heavy atom. The van der Waals surface area contributed by atoms with Crippen LogP contribution in [-0.2, 0) is 9.47 Å². The van der Waals surface area contributed by atoms with Crippen LogP contribution in [-0.4, -0.2) is 23.9 Å². The van der Waals surface area contributed by atoms with Gasteiger partial charge in [-0.05, 0) is 65.2 Å².